The van der Waals surface area contributed by atoms with Gasteiger partial charge in [0.2, 0.25) is 10.0 Å². The van der Waals surface area contributed by atoms with Gasteiger partial charge in [-0.25, -0.2) is 13.1 Å². The molecule has 0 aliphatic heterocycles. The number of nitrogens with zero attached hydrogens (tertiary/aromatic N) is 1. The van der Waals surface area contributed by atoms with E-state index < -0.39 is 15.3 Å². The number of nitrogens with two attached hydrogens (primary N) is 1. The number of pyridine rings is 1. The maximum absolute atomic E-state index is 12.0. The molecule has 0 bridgehead atoms. The molecule has 3 N–H and O–H groups in total. The summed E-state index contributed by atoms with van der Waals surface area (Å²) in [5, 5.41) is 0.0621. The number of fused-ring (bicyclic) bond motifs is 1. The maximum Gasteiger partial charge on any atom is 0.221 e. The van der Waals surface area contributed by atoms with E-state index >= 15 is 0 Å². The highest BCUT2D eigenvalue weighted by atomic mass is 32.2. The van der Waals surface area contributed by atoms with Crippen LogP contribution >= 0.6 is 12.2 Å². The first kappa shape index (κ1) is 14.8. The van der Waals surface area contributed by atoms with E-state index in [0.717, 1.165) is 16.5 Å². The van der Waals surface area contributed by atoms with Crippen molar-refractivity contribution >= 4 is 38.1 Å². The van der Waals surface area contributed by atoms with Crippen LogP contribution in [0.1, 0.15) is 12.5 Å². The first-order valence-corrected chi connectivity index (χ1v) is 7.97. The Morgan fingerprint density at radius 1 is 1.40 bits per heavy atom. The van der Waals surface area contributed by atoms with Crippen molar-refractivity contribution in [2.45, 2.75) is 18.7 Å². The predicted molar refractivity (Wildman–Crippen MR) is 83.7 cm³/mol. The van der Waals surface area contributed by atoms with Gasteiger partial charge in [0.25, 0.3) is 0 Å². The highest BCUT2D eigenvalue weighted by molar-refractivity contribution is 7.93. The number of hydrogen-bond acceptors (Lipinski definition) is 4. The van der Waals surface area contributed by atoms with Gasteiger partial charge < -0.3 is 5.73 Å². The average Bonchev–Trinajstić information content (AvgIpc) is 2.44. The fraction of sp³-hybridized carbons (Fsp3) is 0.231. The third-order valence-corrected chi connectivity index (χ3v) is 5.28. The summed E-state index contributed by atoms with van der Waals surface area (Å²) in [6.07, 6.45) is 1.68. The van der Waals surface area contributed by atoms with Crippen LogP contribution < -0.4 is 10.5 Å². The van der Waals surface area contributed by atoms with Gasteiger partial charge in [0.15, 0.2) is 0 Å². The molecular weight excluding hydrogens is 294 g/mol. The van der Waals surface area contributed by atoms with Crippen LogP contribution in [0.3, 0.4) is 0 Å². The van der Waals surface area contributed by atoms with Crippen molar-refractivity contribution in [1.29, 1.82) is 0 Å². The SMILES string of the molecule is CC(C(N)=S)S(=O)(=O)NCc1cccc2cccnc12. The van der Waals surface area contributed by atoms with E-state index in [0.29, 0.717) is 0 Å². The molecule has 1 unspecified atom stereocenters. The fourth-order valence-corrected chi connectivity index (χ4v) is 3.06. The van der Waals surface area contributed by atoms with Crippen LogP contribution in [0.2, 0.25) is 0 Å². The van der Waals surface area contributed by atoms with Crippen LogP contribution in [0.5, 0.6) is 0 Å². The molecule has 0 aliphatic carbocycles. The smallest absolute Gasteiger partial charge is 0.221 e. The van der Waals surface area contributed by atoms with Gasteiger partial charge in [0.05, 0.1) is 10.5 Å². The first-order valence-electron chi connectivity index (χ1n) is 6.02. The summed E-state index contributed by atoms with van der Waals surface area (Å²) in [4.78, 5) is 4.23. The van der Waals surface area contributed by atoms with E-state index in [2.05, 4.69) is 9.71 Å². The third kappa shape index (κ3) is 3.12. The lowest BCUT2D eigenvalue weighted by Crippen LogP contribution is -2.39. The number of rotatable bonds is 5. The first-order chi connectivity index (χ1) is 9.42. The van der Waals surface area contributed by atoms with Crippen molar-refractivity contribution in [1.82, 2.24) is 9.71 Å². The molecule has 0 saturated heterocycles. The fourth-order valence-electron chi connectivity index (χ4n) is 1.77. The molecule has 1 aromatic heterocycles. The largest absolute Gasteiger partial charge is 0.392 e. The number of benzene rings is 1. The molecule has 0 spiro atoms. The third-order valence-electron chi connectivity index (χ3n) is 3.05. The lowest BCUT2D eigenvalue weighted by Gasteiger charge is -2.13. The monoisotopic (exact) mass is 309 g/mol. The Hall–Kier alpha value is -1.57. The quantitative estimate of drug-likeness (QED) is 0.814. The van der Waals surface area contributed by atoms with E-state index in [4.69, 9.17) is 18.0 Å². The van der Waals surface area contributed by atoms with Crippen LogP contribution in [0.15, 0.2) is 36.5 Å². The van der Waals surface area contributed by atoms with Gasteiger partial charge in [0.1, 0.15) is 5.25 Å². The minimum absolute atomic E-state index is 0.0476. The number of sulfonamides is 1. The molecule has 1 aromatic carbocycles. The number of para-hydroxylation sites is 1. The van der Waals surface area contributed by atoms with E-state index in [9.17, 15) is 8.42 Å². The van der Waals surface area contributed by atoms with Crippen molar-refractivity contribution < 1.29 is 8.42 Å². The Balaban J connectivity index is 2.24. The lowest BCUT2D eigenvalue weighted by molar-refractivity contribution is 0.578. The van der Waals surface area contributed by atoms with Crippen molar-refractivity contribution in [2.75, 3.05) is 0 Å². The van der Waals surface area contributed by atoms with Gasteiger partial charge in [-0.1, -0.05) is 36.5 Å². The van der Waals surface area contributed by atoms with Gasteiger partial charge >= 0.3 is 0 Å². The van der Waals surface area contributed by atoms with E-state index in [1.165, 1.54) is 6.92 Å². The van der Waals surface area contributed by atoms with E-state index in [-0.39, 0.29) is 11.5 Å². The van der Waals surface area contributed by atoms with Crippen molar-refractivity contribution in [3.8, 4) is 0 Å². The second kappa shape index (κ2) is 5.82. The molecule has 0 amide bonds. The zero-order chi connectivity index (χ0) is 14.8. The van der Waals surface area contributed by atoms with Crippen LogP contribution in [-0.4, -0.2) is 23.6 Å². The van der Waals surface area contributed by atoms with Gasteiger partial charge in [-0.15, -0.1) is 0 Å². The summed E-state index contributed by atoms with van der Waals surface area (Å²) in [5.74, 6) is 0. The maximum atomic E-state index is 12.0. The summed E-state index contributed by atoms with van der Waals surface area (Å²) >= 11 is 4.72. The molecule has 2 aromatic rings. The summed E-state index contributed by atoms with van der Waals surface area (Å²) in [5.41, 5.74) is 6.97. The molecule has 106 valence electrons. The zero-order valence-corrected chi connectivity index (χ0v) is 12.5. The van der Waals surface area contributed by atoms with Crippen molar-refractivity contribution in [3.63, 3.8) is 0 Å². The minimum atomic E-state index is -3.57. The Morgan fingerprint density at radius 2 is 2.10 bits per heavy atom. The normalized spacial score (nSPS) is 13.2. The molecule has 20 heavy (non-hydrogen) atoms. The highest BCUT2D eigenvalue weighted by Crippen LogP contribution is 2.16. The Kier molecular flexibility index (Phi) is 4.32. The van der Waals surface area contributed by atoms with Crippen LogP contribution in [0.4, 0.5) is 0 Å². The number of nitrogens with one attached hydrogen (secondary N) is 1. The van der Waals surface area contributed by atoms with Gasteiger partial charge in [0, 0.05) is 18.1 Å². The Labute approximate surface area is 123 Å². The molecule has 7 heteroatoms. The van der Waals surface area contributed by atoms with E-state index in [1.54, 1.807) is 6.20 Å². The summed E-state index contributed by atoms with van der Waals surface area (Å²) in [6.45, 7) is 1.62. The molecule has 2 rings (SSSR count). The highest BCUT2D eigenvalue weighted by Gasteiger charge is 2.22. The van der Waals surface area contributed by atoms with Gasteiger partial charge in [-0.05, 0) is 18.6 Å². The van der Waals surface area contributed by atoms with E-state index in [1.807, 2.05) is 30.3 Å². The molecule has 1 atom stereocenters. The lowest BCUT2D eigenvalue weighted by atomic mass is 10.1. The predicted octanol–water partition coefficient (Wildman–Crippen LogP) is 1.33. The van der Waals surface area contributed by atoms with Crippen molar-refractivity contribution in [2.24, 2.45) is 5.73 Å². The molecule has 0 radical (unpaired) electrons. The molecule has 0 aliphatic rings. The van der Waals surface area contributed by atoms with Gasteiger partial charge in [-0.2, -0.15) is 0 Å². The molecular formula is C13H15N3O2S2. The second-order valence-corrected chi connectivity index (χ2v) is 6.96. The van der Waals surface area contributed by atoms with Gasteiger partial charge in [-0.3, -0.25) is 4.98 Å². The number of hydrogen-bond donors (Lipinski definition) is 2. The molecule has 0 fully saturated rings. The zero-order valence-electron chi connectivity index (χ0n) is 10.9. The topological polar surface area (TPSA) is 85.1 Å². The number of thiocarbonyl (C=S) groups is 1. The second-order valence-electron chi connectivity index (χ2n) is 4.40. The molecule has 0 saturated carbocycles. The summed E-state index contributed by atoms with van der Waals surface area (Å²) in [6, 6.07) is 9.40. The van der Waals surface area contributed by atoms with Crippen LogP contribution in [-0.2, 0) is 16.6 Å². The Morgan fingerprint density at radius 3 is 2.80 bits per heavy atom. The number of aromatic nitrogens is 1. The Bertz CT molecular complexity index is 739. The van der Waals surface area contributed by atoms with Crippen molar-refractivity contribution in [3.05, 3.63) is 42.1 Å². The average molecular weight is 309 g/mol. The van der Waals surface area contributed by atoms with Crippen LogP contribution in [0, 0.1) is 0 Å². The molecule has 5 nitrogen and oxygen atoms in total. The molecule has 1 heterocycles. The summed E-state index contributed by atoms with van der Waals surface area (Å²) < 4.78 is 26.5. The standard InChI is InChI=1S/C13H15N3O2S2/c1-9(13(14)19)20(17,18)16-8-11-5-2-4-10-6-3-7-15-12(10)11/h2-7,9,16H,8H2,1H3,(H2,14,19). The minimum Gasteiger partial charge on any atom is -0.392 e. The summed E-state index contributed by atoms with van der Waals surface area (Å²) in [7, 11) is -3.57. The van der Waals surface area contributed by atoms with Crippen LogP contribution in [0.25, 0.3) is 10.9 Å².